The predicted molar refractivity (Wildman–Crippen MR) is 55.9 cm³/mol. The van der Waals surface area contributed by atoms with E-state index in [4.69, 9.17) is 5.84 Å². The number of nitrogens with two attached hydrogens (primary N) is 1. The van der Waals surface area contributed by atoms with Gasteiger partial charge in [0, 0.05) is 6.20 Å². The summed E-state index contributed by atoms with van der Waals surface area (Å²) in [6, 6.07) is 4.36. The molecule has 0 unspecified atom stereocenters. The molecule has 1 aliphatic rings. The van der Waals surface area contributed by atoms with E-state index < -0.39 is 0 Å². The van der Waals surface area contributed by atoms with Crippen molar-refractivity contribution in [2.45, 2.75) is 25.8 Å². The average molecular weight is 190 g/mol. The third-order valence-electron chi connectivity index (χ3n) is 2.23. The Morgan fingerprint density at radius 3 is 3.00 bits per heavy atom. The van der Waals surface area contributed by atoms with E-state index in [1.54, 1.807) is 6.20 Å². The Hall–Kier alpha value is -1.42. The van der Waals surface area contributed by atoms with E-state index in [1.165, 1.54) is 0 Å². The Bertz CT molecular complexity index is 355. The van der Waals surface area contributed by atoms with Crippen molar-refractivity contribution in [3.8, 4) is 0 Å². The molecule has 1 aromatic heterocycles. The summed E-state index contributed by atoms with van der Waals surface area (Å²) in [5.74, 6) is 6.13. The summed E-state index contributed by atoms with van der Waals surface area (Å²) < 4.78 is 0. The van der Waals surface area contributed by atoms with Crippen molar-refractivity contribution in [3.63, 3.8) is 0 Å². The van der Waals surface area contributed by atoms with Crippen LogP contribution in [0.3, 0.4) is 0 Å². The first-order valence-electron chi connectivity index (χ1n) is 4.77. The second kappa shape index (κ2) is 3.75. The van der Waals surface area contributed by atoms with Crippen LogP contribution in [0.25, 0.3) is 0 Å². The maximum Gasteiger partial charge on any atom is 0.162 e. The molecule has 1 fully saturated rings. The van der Waals surface area contributed by atoms with Crippen molar-refractivity contribution >= 4 is 5.84 Å². The summed E-state index contributed by atoms with van der Waals surface area (Å²) in [7, 11) is 0. The van der Waals surface area contributed by atoms with Crippen LogP contribution in [0.5, 0.6) is 0 Å². The van der Waals surface area contributed by atoms with Crippen molar-refractivity contribution in [2.75, 3.05) is 0 Å². The van der Waals surface area contributed by atoms with Gasteiger partial charge in [-0.05, 0) is 31.4 Å². The number of nitrogens with one attached hydrogen (secondary N) is 1. The number of amidine groups is 1. The molecule has 1 saturated carbocycles. The largest absolute Gasteiger partial charge is 0.307 e. The van der Waals surface area contributed by atoms with Gasteiger partial charge >= 0.3 is 0 Å². The van der Waals surface area contributed by atoms with E-state index in [1.807, 2.05) is 19.1 Å². The third kappa shape index (κ3) is 1.90. The van der Waals surface area contributed by atoms with Gasteiger partial charge in [-0.3, -0.25) is 9.98 Å². The number of aryl methyl sites for hydroxylation is 1. The fraction of sp³-hybridized carbons (Fsp3) is 0.400. The third-order valence-corrected chi connectivity index (χ3v) is 2.23. The quantitative estimate of drug-likeness (QED) is 0.313. The Morgan fingerprint density at radius 2 is 2.43 bits per heavy atom. The molecular formula is C10H14N4. The fourth-order valence-electron chi connectivity index (χ4n) is 1.29. The van der Waals surface area contributed by atoms with Crippen molar-refractivity contribution in [1.29, 1.82) is 0 Å². The van der Waals surface area contributed by atoms with Gasteiger partial charge in [0.25, 0.3) is 0 Å². The Balaban J connectivity index is 2.30. The minimum atomic E-state index is 0.447. The van der Waals surface area contributed by atoms with Gasteiger partial charge in [-0.15, -0.1) is 0 Å². The molecule has 0 bridgehead atoms. The van der Waals surface area contributed by atoms with Crippen LogP contribution >= 0.6 is 0 Å². The number of hydrazine groups is 1. The summed E-state index contributed by atoms with van der Waals surface area (Å²) in [6.07, 6.45) is 4.08. The molecular weight excluding hydrogens is 176 g/mol. The average Bonchev–Trinajstić information content (AvgIpc) is 2.99. The van der Waals surface area contributed by atoms with Crippen LogP contribution in [0.15, 0.2) is 23.3 Å². The highest BCUT2D eigenvalue weighted by atomic mass is 15.3. The minimum absolute atomic E-state index is 0.447. The van der Waals surface area contributed by atoms with E-state index in [-0.39, 0.29) is 0 Å². The van der Waals surface area contributed by atoms with Crippen molar-refractivity contribution in [3.05, 3.63) is 29.6 Å². The van der Waals surface area contributed by atoms with Crippen molar-refractivity contribution in [2.24, 2.45) is 10.8 Å². The van der Waals surface area contributed by atoms with E-state index in [9.17, 15) is 0 Å². The lowest BCUT2D eigenvalue weighted by Crippen LogP contribution is -2.32. The summed E-state index contributed by atoms with van der Waals surface area (Å²) in [5.41, 5.74) is 4.55. The Labute approximate surface area is 83.2 Å². The second-order valence-electron chi connectivity index (χ2n) is 3.52. The van der Waals surface area contributed by atoms with Gasteiger partial charge < -0.3 is 5.43 Å². The standard InChI is InChI=1S/C10H14N4/c1-7-3-2-6-12-9(7)10(14-11)13-8-4-5-8/h2-3,6,8H,4-5,11H2,1H3,(H,13,14). The topological polar surface area (TPSA) is 63.3 Å². The van der Waals surface area contributed by atoms with Gasteiger partial charge in [0.05, 0.1) is 6.04 Å². The number of pyridine rings is 1. The van der Waals surface area contributed by atoms with E-state index in [0.717, 1.165) is 24.1 Å². The molecule has 2 rings (SSSR count). The number of nitrogens with zero attached hydrogens (tertiary/aromatic N) is 2. The first-order valence-corrected chi connectivity index (χ1v) is 4.77. The lowest BCUT2D eigenvalue weighted by atomic mass is 10.2. The van der Waals surface area contributed by atoms with E-state index >= 15 is 0 Å². The number of aliphatic imine (C=N–C) groups is 1. The van der Waals surface area contributed by atoms with Gasteiger partial charge in [0.2, 0.25) is 0 Å². The normalized spacial score (nSPS) is 16.9. The summed E-state index contributed by atoms with van der Waals surface area (Å²) >= 11 is 0. The SMILES string of the molecule is Cc1cccnc1C(=NC1CC1)NN. The number of rotatable bonds is 2. The van der Waals surface area contributed by atoms with Crippen LogP contribution in [0.4, 0.5) is 0 Å². The van der Waals surface area contributed by atoms with Crippen LogP contribution in [0, 0.1) is 6.92 Å². The molecule has 3 N–H and O–H groups in total. The highest BCUT2D eigenvalue weighted by molar-refractivity contribution is 5.98. The molecule has 1 aromatic rings. The molecule has 4 nitrogen and oxygen atoms in total. The van der Waals surface area contributed by atoms with E-state index in [2.05, 4.69) is 15.4 Å². The Morgan fingerprint density at radius 1 is 1.64 bits per heavy atom. The highest BCUT2D eigenvalue weighted by Crippen LogP contribution is 2.24. The minimum Gasteiger partial charge on any atom is -0.307 e. The molecule has 0 radical (unpaired) electrons. The number of hydrogen-bond acceptors (Lipinski definition) is 3. The zero-order chi connectivity index (χ0) is 9.97. The van der Waals surface area contributed by atoms with Gasteiger partial charge in [0.1, 0.15) is 5.69 Å². The monoisotopic (exact) mass is 190 g/mol. The molecule has 1 heterocycles. The molecule has 0 aliphatic heterocycles. The molecule has 0 aromatic carbocycles. The fourth-order valence-corrected chi connectivity index (χ4v) is 1.29. The van der Waals surface area contributed by atoms with Crippen LogP contribution < -0.4 is 11.3 Å². The van der Waals surface area contributed by atoms with Gasteiger partial charge in [-0.25, -0.2) is 5.84 Å². The molecule has 0 saturated heterocycles. The maximum absolute atomic E-state index is 5.43. The Kier molecular flexibility index (Phi) is 2.45. The smallest absolute Gasteiger partial charge is 0.162 e. The number of aromatic nitrogens is 1. The first kappa shape index (κ1) is 9.15. The van der Waals surface area contributed by atoms with Crippen molar-refractivity contribution < 1.29 is 0 Å². The molecule has 74 valence electrons. The van der Waals surface area contributed by atoms with Gasteiger partial charge in [-0.1, -0.05) is 6.07 Å². The molecule has 0 atom stereocenters. The maximum atomic E-state index is 5.43. The predicted octanol–water partition coefficient (Wildman–Crippen LogP) is 0.762. The second-order valence-corrected chi connectivity index (χ2v) is 3.52. The molecule has 0 amide bonds. The summed E-state index contributed by atoms with van der Waals surface area (Å²) in [6.45, 7) is 2.00. The molecule has 4 heteroatoms. The van der Waals surface area contributed by atoms with Crippen molar-refractivity contribution in [1.82, 2.24) is 10.4 Å². The lowest BCUT2D eigenvalue weighted by molar-refractivity contribution is 0.958. The van der Waals surface area contributed by atoms with Crippen LogP contribution in [-0.2, 0) is 0 Å². The number of hydrogen-bond donors (Lipinski definition) is 2. The first-order chi connectivity index (χ1) is 6.81. The molecule has 1 aliphatic carbocycles. The van der Waals surface area contributed by atoms with Crippen LogP contribution in [0.1, 0.15) is 24.1 Å². The van der Waals surface area contributed by atoms with Crippen LogP contribution in [-0.4, -0.2) is 16.9 Å². The highest BCUT2D eigenvalue weighted by Gasteiger charge is 2.21. The van der Waals surface area contributed by atoms with Crippen LogP contribution in [0.2, 0.25) is 0 Å². The molecule has 14 heavy (non-hydrogen) atoms. The van der Waals surface area contributed by atoms with Gasteiger partial charge in [-0.2, -0.15) is 0 Å². The summed E-state index contributed by atoms with van der Waals surface area (Å²) in [4.78, 5) is 8.71. The summed E-state index contributed by atoms with van der Waals surface area (Å²) in [5, 5.41) is 0. The zero-order valence-corrected chi connectivity index (χ0v) is 8.20. The molecule has 0 spiro atoms. The zero-order valence-electron chi connectivity index (χ0n) is 8.20. The lowest BCUT2D eigenvalue weighted by Gasteiger charge is -2.06. The van der Waals surface area contributed by atoms with E-state index in [0.29, 0.717) is 11.9 Å². The van der Waals surface area contributed by atoms with Gasteiger partial charge in [0.15, 0.2) is 5.84 Å².